The third kappa shape index (κ3) is 4.14. The molecule has 2 aromatic rings. The summed E-state index contributed by atoms with van der Waals surface area (Å²) in [5.41, 5.74) is 1.50. The summed E-state index contributed by atoms with van der Waals surface area (Å²) in [6, 6.07) is 6.03. The normalized spacial score (nSPS) is 17.2. The Kier molecular flexibility index (Phi) is 5.69. The predicted octanol–water partition coefficient (Wildman–Crippen LogP) is 2.82. The number of nitrogens with zero attached hydrogens (tertiary/aromatic N) is 3. The van der Waals surface area contributed by atoms with E-state index in [0.717, 1.165) is 31.6 Å². The van der Waals surface area contributed by atoms with E-state index in [1.807, 2.05) is 0 Å². The Labute approximate surface area is 173 Å². The van der Waals surface area contributed by atoms with Crippen molar-refractivity contribution in [2.24, 2.45) is 0 Å². The topological polar surface area (TPSA) is 109 Å². The number of nitrogens with one attached hydrogen (secondary N) is 1. The summed E-state index contributed by atoms with van der Waals surface area (Å²) >= 11 is 0. The van der Waals surface area contributed by atoms with Crippen molar-refractivity contribution in [3.8, 4) is 0 Å². The highest BCUT2D eigenvalue weighted by atomic mass is 16.6. The highest BCUT2D eigenvalue weighted by molar-refractivity contribution is 6.00. The van der Waals surface area contributed by atoms with Gasteiger partial charge in [0.15, 0.2) is 0 Å². The summed E-state index contributed by atoms with van der Waals surface area (Å²) in [4.78, 5) is 40.0. The smallest absolute Gasteiger partial charge is 0.270 e. The summed E-state index contributed by atoms with van der Waals surface area (Å²) < 4.78 is 4.97. The molecule has 30 heavy (non-hydrogen) atoms. The van der Waals surface area contributed by atoms with Crippen molar-refractivity contribution in [1.82, 2.24) is 10.2 Å². The highest BCUT2D eigenvalue weighted by Crippen LogP contribution is 2.28. The van der Waals surface area contributed by atoms with E-state index in [1.165, 1.54) is 24.7 Å². The van der Waals surface area contributed by atoms with Crippen LogP contribution in [0.15, 0.2) is 41.2 Å². The highest BCUT2D eigenvalue weighted by Gasteiger charge is 2.28. The van der Waals surface area contributed by atoms with Gasteiger partial charge in [-0.05, 0) is 37.8 Å². The first kappa shape index (κ1) is 19.9. The van der Waals surface area contributed by atoms with Gasteiger partial charge in [0.1, 0.15) is 6.26 Å². The molecule has 2 saturated heterocycles. The van der Waals surface area contributed by atoms with Gasteiger partial charge in [0.2, 0.25) is 0 Å². The molecule has 2 aliphatic rings. The minimum Gasteiger partial charge on any atom is -0.472 e. The number of nitro benzene ring substituents is 1. The molecule has 4 rings (SSSR count). The standard InChI is InChI=1S/C21H24N4O5/c26-20(18-13-17(25(28)29)3-4-19(18)23-8-1-2-9-23)22-16-5-10-24(11-6-16)21(27)15-7-12-30-14-15/h3-4,7,12-14,16H,1-2,5-6,8-11H2,(H,22,26). The number of hydrogen-bond acceptors (Lipinski definition) is 6. The number of nitro groups is 1. The molecule has 0 aliphatic carbocycles. The molecule has 158 valence electrons. The second kappa shape index (κ2) is 8.56. The van der Waals surface area contributed by atoms with Crippen LogP contribution in [0.4, 0.5) is 11.4 Å². The van der Waals surface area contributed by atoms with Crippen molar-refractivity contribution >= 4 is 23.2 Å². The predicted molar refractivity (Wildman–Crippen MR) is 110 cm³/mol. The fourth-order valence-corrected chi connectivity index (χ4v) is 4.11. The van der Waals surface area contributed by atoms with Crippen LogP contribution in [-0.4, -0.2) is 53.9 Å². The van der Waals surface area contributed by atoms with Crippen LogP contribution in [0.2, 0.25) is 0 Å². The number of non-ortho nitro benzene ring substituents is 1. The van der Waals surface area contributed by atoms with Crippen molar-refractivity contribution in [3.63, 3.8) is 0 Å². The van der Waals surface area contributed by atoms with E-state index in [-0.39, 0.29) is 23.5 Å². The van der Waals surface area contributed by atoms with E-state index in [2.05, 4.69) is 10.2 Å². The number of furan rings is 1. The number of carbonyl (C=O) groups excluding carboxylic acids is 2. The van der Waals surface area contributed by atoms with Gasteiger partial charge in [0, 0.05) is 44.4 Å². The number of anilines is 1. The lowest BCUT2D eigenvalue weighted by molar-refractivity contribution is -0.384. The molecule has 0 spiro atoms. The molecule has 1 aromatic heterocycles. The van der Waals surface area contributed by atoms with Crippen molar-refractivity contribution in [1.29, 1.82) is 0 Å². The Morgan fingerprint density at radius 2 is 1.83 bits per heavy atom. The van der Waals surface area contributed by atoms with Gasteiger partial charge in [-0.25, -0.2) is 0 Å². The van der Waals surface area contributed by atoms with Crippen LogP contribution in [0, 0.1) is 10.1 Å². The summed E-state index contributed by atoms with van der Waals surface area (Å²) in [7, 11) is 0. The number of benzene rings is 1. The summed E-state index contributed by atoms with van der Waals surface area (Å²) in [6.45, 7) is 2.74. The van der Waals surface area contributed by atoms with Gasteiger partial charge < -0.3 is 19.5 Å². The molecular weight excluding hydrogens is 388 g/mol. The molecule has 0 bridgehead atoms. The molecule has 0 saturated carbocycles. The minimum absolute atomic E-state index is 0.0801. The third-order valence-electron chi connectivity index (χ3n) is 5.77. The van der Waals surface area contributed by atoms with Crippen LogP contribution in [0.25, 0.3) is 0 Å². The second-order valence-electron chi connectivity index (χ2n) is 7.70. The number of piperidine rings is 1. The fraction of sp³-hybridized carbons (Fsp3) is 0.429. The fourth-order valence-electron chi connectivity index (χ4n) is 4.11. The molecule has 0 atom stereocenters. The van der Waals surface area contributed by atoms with Gasteiger partial charge in [-0.1, -0.05) is 0 Å². The minimum atomic E-state index is -0.482. The Morgan fingerprint density at radius 1 is 1.10 bits per heavy atom. The zero-order chi connectivity index (χ0) is 21.1. The van der Waals surface area contributed by atoms with Gasteiger partial charge in [-0.2, -0.15) is 0 Å². The largest absolute Gasteiger partial charge is 0.472 e. The molecule has 2 fully saturated rings. The Morgan fingerprint density at radius 3 is 2.47 bits per heavy atom. The monoisotopic (exact) mass is 412 g/mol. The van der Waals surface area contributed by atoms with Crippen LogP contribution in [0.5, 0.6) is 0 Å². The zero-order valence-corrected chi connectivity index (χ0v) is 16.6. The first-order valence-corrected chi connectivity index (χ1v) is 10.2. The van der Waals surface area contributed by atoms with Crippen LogP contribution >= 0.6 is 0 Å². The SMILES string of the molecule is O=C(NC1CCN(C(=O)c2ccoc2)CC1)c1cc([N+](=O)[O-])ccc1N1CCCC1. The number of rotatable bonds is 5. The van der Waals surface area contributed by atoms with E-state index in [4.69, 9.17) is 4.42 Å². The lowest BCUT2D eigenvalue weighted by Gasteiger charge is -2.32. The van der Waals surface area contributed by atoms with E-state index < -0.39 is 4.92 Å². The second-order valence-corrected chi connectivity index (χ2v) is 7.70. The maximum absolute atomic E-state index is 13.0. The van der Waals surface area contributed by atoms with Crippen LogP contribution in [0.3, 0.4) is 0 Å². The molecule has 2 amide bonds. The molecule has 0 unspecified atom stereocenters. The van der Waals surface area contributed by atoms with Gasteiger partial charge in [0.25, 0.3) is 17.5 Å². The number of hydrogen-bond donors (Lipinski definition) is 1. The molecule has 1 aromatic carbocycles. The first-order chi connectivity index (χ1) is 14.5. The van der Waals surface area contributed by atoms with Crippen molar-refractivity contribution < 1.29 is 18.9 Å². The molecule has 1 N–H and O–H groups in total. The van der Waals surface area contributed by atoms with E-state index in [9.17, 15) is 19.7 Å². The van der Waals surface area contributed by atoms with Gasteiger partial charge in [-0.3, -0.25) is 19.7 Å². The molecule has 0 radical (unpaired) electrons. The van der Waals surface area contributed by atoms with E-state index in [0.29, 0.717) is 37.1 Å². The average molecular weight is 412 g/mol. The Balaban J connectivity index is 1.43. The summed E-state index contributed by atoms with van der Waals surface area (Å²) in [6.07, 6.45) is 6.24. The molecule has 9 nitrogen and oxygen atoms in total. The van der Waals surface area contributed by atoms with Crippen LogP contribution in [0.1, 0.15) is 46.4 Å². The number of likely N-dealkylation sites (tertiary alicyclic amines) is 1. The maximum atomic E-state index is 13.0. The average Bonchev–Trinajstić information content (AvgIpc) is 3.47. The number of amides is 2. The molecular formula is C21H24N4O5. The van der Waals surface area contributed by atoms with E-state index >= 15 is 0 Å². The van der Waals surface area contributed by atoms with Crippen molar-refractivity contribution in [2.75, 3.05) is 31.1 Å². The Bertz CT molecular complexity index is 929. The lowest BCUT2D eigenvalue weighted by atomic mass is 10.0. The molecule has 3 heterocycles. The maximum Gasteiger partial charge on any atom is 0.270 e. The summed E-state index contributed by atoms with van der Waals surface area (Å²) in [5.74, 6) is -0.385. The molecule has 2 aliphatic heterocycles. The van der Waals surface area contributed by atoms with Crippen LogP contribution < -0.4 is 10.2 Å². The lowest BCUT2D eigenvalue weighted by Crippen LogP contribution is -2.46. The van der Waals surface area contributed by atoms with Gasteiger partial charge in [0.05, 0.1) is 28.0 Å². The summed E-state index contributed by atoms with van der Waals surface area (Å²) in [5, 5.41) is 14.2. The van der Waals surface area contributed by atoms with Gasteiger partial charge in [-0.15, -0.1) is 0 Å². The third-order valence-corrected chi connectivity index (χ3v) is 5.77. The van der Waals surface area contributed by atoms with E-state index in [1.54, 1.807) is 17.0 Å². The molecule has 9 heteroatoms. The van der Waals surface area contributed by atoms with Crippen molar-refractivity contribution in [3.05, 3.63) is 58.0 Å². The quantitative estimate of drug-likeness (QED) is 0.597. The van der Waals surface area contributed by atoms with Crippen LogP contribution in [-0.2, 0) is 0 Å². The van der Waals surface area contributed by atoms with Crippen molar-refractivity contribution in [2.45, 2.75) is 31.7 Å². The van der Waals surface area contributed by atoms with Gasteiger partial charge >= 0.3 is 0 Å². The zero-order valence-electron chi connectivity index (χ0n) is 16.6. The Hall–Kier alpha value is -3.36. The number of carbonyl (C=O) groups is 2. The first-order valence-electron chi connectivity index (χ1n) is 10.2.